The Morgan fingerprint density at radius 3 is 3.10 bits per heavy atom. The molecule has 0 aliphatic carbocycles. The van der Waals surface area contributed by atoms with Gasteiger partial charge in [0.05, 0.1) is 3.79 Å². The summed E-state index contributed by atoms with van der Waals surface area (Å²) in [6.07, 6.45) is 5.62. The lowest BCUT2D eigenvalue weighted by Crippen LogP contribution is -2.33. The monoisotopic (exact) mass is 375 g/mol. The molecule has 108 valence electrons. The third kappa shape index (κ3) is 2.98. The highest BCUT2D eigenvalue weighted by molar-refractivity contribution is 9.11. The molecule has 0 aromatic carbocycles. The number of sulfonamides is 1. The standard InChI is InChI=1S/C12H14BrN3O2S2/c13-10-2-4-12(19-10)20(17,18)15-7-9-1-3-11-14-5-6-16(11)8-9/h2,4-6,9,15H,1,3,7-8H2/t9-/m1/s1. The van der Waals surface area contributed by atoms with Gasteiger partial charge in [0.25, 0.3) is 0 Å². The van der Waals surface area contributed by atoms with Crippen molar-refractivity contribution >= 4 is 37.3 Å². The van der Waals surface area contributed by atoms with Gasteiger partial charge >= 0.3 is 0 Å². The van der Waals surface area contributed by atoms with Crippen LogP contribution in [-0.2, 0) is 23.0 Å². The number of hydrogen-bond donors (Lipinski definition) is 1. The zero-order chi connectivity index (χ0) is 14.2. The molecule has 0 saturated heterocycles. The summed E-state index contributed by atoms with van der Waals surface area (Å²) in [6.45, 7) is 1.29. The zero-order valence-corrected chi connectivity index (χ0v) is 13.8. The van der Waals surface area contributed by atoms with Crippen LogP contribution in [0.5, 0.6) is 0 Å². The zero-order valence-electron chi connectivity index (χ0n) is 10.6. The molecule has 0 fully saturated rings. The van der Waals surface area contributed by atoms with Crippen LogP contribution < -0.4 is 4.72 Å². The minimum Gasteiger partial charge on any atom is -0.335 e. The quantitative estimate of drug-likeness (QED) is 0.890. The summed E-state index contributed by atoms with van der Waals surface area (Å²) in [4.78, 5) is 4.27. The first-order valence-corrected chi connectivity index (χ1v) is 9.39. The number of hydrogen-bond acceptors (Lipinski definition) is 4. The Balaban J connectivity index is 1.63. The number of rotatable bonds is 4. The summed E-state index contributed by atoms with van der Waals surface area (Å²) >= 11 is 4.50. The van der Waals surface area contributed by atoms with Gasteiger partial charge in [-0.2, -0.15) is 0 Å². The number of fused-ring (bicyclic) bond motifs is 1. The Morgan fingerprint density at radius 1 is 1.50 bits per heavy atom. The topological polar surface area (TPSA) is 64.0 Å². The molecule has 3 rings (SSSR count). The second kappa shape index (κ2) is 5.59. The van der Waals surface area contributed by atoms with Crippen LogP contribution >= 0.6 is 27.3 Å². The maximum atomic E-state index is 12.1. The third-order valence-corrected chi connectivity index (χ3v) is 6.95. The molecule has 0 spiro atoms. The van der Waals surface area contributed by atoms with Crippen molar-refractivity contribution in [1.29, 1.82) is 0 Å². The van der Waals surface area contributed by atoms with E-state index >= 15 is 0 Å². The summed E-state index contributed by atoms with van der Waals surface area (Å²) in [5, 5.41) is 0. The number of halogens is 1. The van der Waals surface area contributed by atoms with E-state index < -0.39 is 10.0 Å². The number of nitrogens with zero attached hydrogens (tertiary/aromatic N) is 2. The van der Waals surface area contributed by atoms with Crippen LogP contribution in [0.4, 0.5) is 0 Å². The molecule has 5 nitrogen and oxygen atoms in total. The van der Waals surface area contributed by atoms with Gasteiger partial charge in [-0.15, -0.1) is 11.3 Å². The lowest BCUT2D eigenvalue weighted by atomic mass is 10.00. The fourth-order valence-electron chi connectivity index (χ4n) is 2.34. The molecule has 8 heteroatoms. The van der Waals surface area contributed by atoms with Crippen LogP contribution in [-0.4, -0.2) is 24.5 Å². The molecule has 0 amide bonds. The van der Waals surface area contributed by atoms with Gasteiger partial charge in [0.1, 0.15) is 10.0 Å². The lowest BCUT2D eigenvalue weighted by molar-refractivity contribution is 0.363. The fourth-order valence-corrected chi connectivity index (χ4v) is 5.52. The third-order valence-electron chi connectivity index (χ3n) is 3.41. The van der Waals surface area contributed by atoms with Crippen molar-refractivity contribution in [2.24, 2.45) is 5.92 Å². The smallest absolute Gasteiger partial charge is 0.250 e. The molecule has 0 radical (unpaired) electrons. The van der Waals surface area contributed by atoms with E-state index in [1.807, 2.05) is 6.20 Å². The van der Waals surface area contributed by atoms with Crippen molar-refractivity contribution in [1.82, 2.24) is 14.3 Å². The second-order valence-electron chi connectivity index (χ2n) is 4.81. The van der Waals surface area contributed by atoms with Crippen molar-refractivity contribution in [3.63, 3.8) is 0 Å². The molecule has 0 bridgehead atoms. The number of thiophene rings is 1. The van der Waals surface area contributed by atoms with Crippen molar-refractivity contribution in [2.45, 2.75) is 23.6 Å². The highest BCUT2D eigenvalue weighted by atomic mass is 79.9. The predicted molar refractivity (Wildman–Crippen MR) is 81.2 cm³/mol. The van der Waals surface area contributed by atoms with E-state index in [0.717, 1.165) is 29.0 Å². The van der Waals surface area contributed by atoms with E-state index in [0.29, 0.717) is 16.7 Å². The summed E-state index contributed by atoms with van der Waals surface area (Å²) in [5.74, 6) is 1.40. The Hall–Kier alpha value is -0.700. The molecule has 3 heterocycles. The average Bonchev–Trinajstić information content (AvgIpc) is 3.04. The summed E-state index contributed by atoms with van der Waals surface area (Å²) in [7, 11) is -3.39. The van der Waals surface area contributed by atoms with Gasteiger partial charge in [-0.25, -0.2) is 18.1 Å². The first-order valence-electron chi connectivity index (χ1n) is 6.29. The van der Waals surface area contributed by atoms with Gasteiger partial charge in [0.15, 0.2) is 0 Å². The normalized spacial score (nSPS) is 18.9. The summed E-state index contributed by atoms with van der Waals surface area (Å²) < 4.78 is 30.3. The molecule has 0 unspecified atom stereocenters. The van der Waals surface area contributed by atoms with Gasteiger partial charge in [0, 0.05) is 31.9 Å². The molecule has 20 heavy (non-hydrogen) atoms. The summed E-state index contributed by atoms with van der Waals surface area (Å²) in [5.41, 5.74) is 0. The Kier molecular flexibility index (Phi) is 3.98. The minimum absolute atomic E-state index is 0.315. The van der Waals surface area contributed by atoms with Gasteiger partial charge < -0.3 is 4.57 Å². The number of imidazole rings is 1. The average molecular weight is 376 g/mol. The van der Waals surface area contributed by atoms with E-state index in [2.05, 4.69) is 30.2 Å². The van der Waals surface area contributed by atoms with Crippen molar-refractivity contribution < 1.29 is 8.42 Å². The minimum atomic E-state index is -3.39. The summed E-state index contributed by atoms with van der Waals surface area (Å²) in [6, 6.07) is 3.36. The van der Waals surface area contributed by atoms with Crippen LogP contribution in [0.3, 0.4) is 0 Å². The van der Waals surface area contributed by atoms with E-state index in [4.69, 9.17) is 0 Å². The first-order chi connectivity index (χ1) is 9.54. The van der Waals surface area contributed by atoms with E-state index in [1.165, 1.54) is 11.3 Å². The van der Waals surface area contributed by atoms with E-state index in [1.54, 1.807) is 18.3 Å². The van der Waals surface area contributed by atoms with Crippen LogP contribution in [0.1, 0.15) is 12.2 Å². The maximum absolute atomic E-state index is 12.1. The number of aromatic nitrogens is 2. The predicted octanol–water partition coefficient (Wildman–Crippen LogP) is 2.25. The first kappa shape index (κ1) is 14.2. The van der Waals surface area contributed by atoms with E-state index in [-0.39, 0.29) is 0 Å². The SMILES string of the molecule is O=S(=O)(NC[C@H]1CCc2nccn2C1)c1ccc(Br)s1. The largest absolute Gasteiger partial charge is 0.335 e. The van der Waals surface area contributed by atoms with Crippen LogP contribution in [0.2, 0.25) is 0 Å². The second-order valence-corrected chi connectivity index (χ2v) is 9.27. The molecule has 2 aromatic heterocycles. The maximum Gasteiger partial charge on any atom is 0.250 e. The Labute approximate surface area is 130 Å². The van der Waals surface area contributed by atoms with Gasteiger partial charge in [0.2, 0.25) is 10.0 Å². The van der Waals surface area contributed by atoms with Crippen LogP contribution in [0, 0.1) is 5.92 Å². The molecule has 1 aliphatic rings. The van der Waals surface area contributed by atoms with Crippen molar-refractivity contribution in [3.8, 4) is 0 Å². The number of aryl methyl sites for hydroxylation is 1. The molecule has 2 aromatic rings. The fraction of sp³-hybridized carbons (Fsp3) is 0.417. The molecular weight excluding hydrogens is 362 g/mol. The Morgan fingerprint density at radius 2 is 2.35 bits per heavy atom. The molecule has 1 N–H and O–H groups in total. The van der Waals surface area contributed by atoms with Gasteiger partial charge in [-0.05, 0) is 40.4 Å². The van der Waals surface area contributed by atoms with Crippen molar-refractivity contribution in [2.75, 3.05) is 6.54 Å². The highest BCUT2D eigenvalue weighted by Crippen LogP contribution is 2.26. The Bertz CT molecular complexity index is 708. The van der Waals surface area contributed by atoms with E-state index in [9.17, 15) is 8.42 Å². The number of nitrogens with one attached hydrogen (secondary N) is 1. The van der Waals surface area contributed by atoms with Gasteiger partial charge in [-0.1, -0.05) is 0 Å². The molecular formula is C12H14BrN3O2S2. The lowest BCUT2D eigenvalue weighted by Gasteiger charge is -2.23. The van der Waals surface area contributed by atoms with Crippen molar-refractivity contribution in [3.05, 3.63) is 34.1 Å². The molecule has 1 aliphatic heterocycles. The molecule has 1 atom stereocenters. The molecule has 0 saturated carbocycles. The highest BCUT2D eigenvalue weighted by Gasteiger charge is 2.22. The van der Waals surface area contributed by atoms with Crippen LogP contribution in [0.25, 0.3) is 0 Å². The van der Waals surface area contributed by atoms with Gasteiger partial charge in [-0.3, -0.25) is 0 Å². The van der Waals surface area contributed by atoms with Crippen LogP contribution in [0.15, 0.2) is 32.5 Å².